The maximum absolute atomic E-state index is 12.7. The number of rotatable bonds is 6. The third-order valence-electron chi connectivity index (χ3n) is 4.60. The second-order valence-corrected chi connectivity index (χ2v) is 7.67. The predicted molar refractivity (Wildman–Crippen MR) is 99.0 cm³/mol. The maximum Gasteiger partial charge on any atom is 0.329 e. The van der Waals surface area contributed by atoms with Crippen LogP contribution in [0.15, 0.2) is 43.0 Å². The number of benzene rings is 1. The number of amides is 1. The quantitative estimate of drug-likeness (QED) is 0.631. The zero-order chi connectivity index (χ0) is 18.6. The summed E-state index contributed by atoms with van der Waals surface area (Å²) in [5.41, 5.74) is 0.470. The molecule has 1 N–H and O–H groups in total. The molecule has 1 heterocycles. The topological polar surface area (TPSA) is 55.4 Å². The lowest BCUT2D eigenvalue weighted by Gasteiger charge is -2.28. The van der Waals surface area contributed by atoms with E-state index in [1.165, 1.54) is 0 Å². The van der Waals surface area contributed by atoms with Gasteiger partial charge in [0, 0.05) is 11.8 Å². The molecule has 0 radical (unpaired) electrons. The van der Waals surface area contributed by atoms with Crippen molar-refractivity contribution in [2.75, 3.05) is 0 Å². The number of esters is 1. The molecule has 1 aliphatic heterocycles. The second-order valence-electron chi connectivity index (χ2n) is 7.67. The molecule has 2 rings (SSSR count). The summed E-state index contributed by atoms with van der Waals surface area (Å²) in [6, 6.07) is 9.28. The molecule has 1 aromatic rings. The first-order valence-corrected chi connectivity index (χ1v) is 8.99. The van der Waals surface area contributed by atoms with Gasteiger partial charge in [0.25, 0.3) is 0 Å². The van der Waals surface area contributed by atoms with Crippen molar-refractivity contribution >= 4 is 11.9 Å². The molecule has 136 valence electrons. The second kappa shape index (κ2) is 7.85. The first-order valence-electron chi connectivity index (χ1n) is 8.99. The van der Waals surface area contributed by atoms with E-state index in [-0.39, 0.29) is 29.6 Å². The zero-order valence-corrected chi connectivity index (χ0v) is 15.6. The summed E-state index contributed by atoms with van der Waals surface area (Å²) in [6.07, 6.45) is 3.50. The molecule has 1 aromatic carbocycles. The molecule has 1 saturated heterocycles. The van der Waals surface area contributed by atoms with Crippen LogP contribution >= 0.6 is 0 Å². The summed E-state index contributed by atoms with van der Waals surface area (Å²) in [4.78, 5) is 25.4. The van der Waals surface area contributed by atoms with Gasteiger partial charge in [-0.05, 0) is 32.8 Å². The van der Waals surface area contributed by atoms with Gasteiger partial charge < -0.3 is 10.1 Å². The van der Waals surface area contributed by atoms with Crippen molar-refractivity contribution in [1.82, 2.24) is 5.32 Å². The molecule has 4 atom stereocenters. The van der Waals surface area contributed by atoms with Crippen molar-refractivity contribution < 1.29 is 14.3 Å². The van der Waals surface area contributed by atoms with Crippen LogP contribution in [0.5, 0.6) is 0 Å². The fourth-order valence-electron chi connectivity index (χ4n) is 3.63. The van der Waals surface area contributed by atoms with Gasteiger partial charge in [-0.3, -0.25) is 4.79 Å². The summed E-state index contributed by atoms with van der Waals surface area (Å²) in [5.74, 6) is -0.973. The normalized spacial score (nSPS) is 24.5. The molecule has 0 saturated carbocycles. The van der Waals surface area contributed by atoms with Crippen molar-refractivity contribution in [3.05, 3.63) is 48.6 Å². The molecular weight excluding hydrogens is 314 g/mol. The molecule has 1 amide bonds. The first kappa shape index (κ1) is 19.2. The molecule has 0 bridgehead atoms. The summed E-state index contributed by atoms with van der Waals surface area (Å²) in [7, 11) is 0. The van der Waals surface area contributed by atoms with Crippen molar-refractivity contribution in [3.8, 4) is 0 Å². The Labute approximate surface area is 150 Å². The van der Waals surface area contributed by atoms with Gasteiger partial charge in [0.1, 0.15) is 11.6 Å². The predicted octanol–water partition coefficient (Wildman–Crippen LogP) is 3.83. The first-order chi connectivity index (χ1) is 11.8. The Hall–Kier alpha value is -2.10. The van der Waals surface area contributed by atoms with Crippen LogP contribution in [0.3, 0.4) is 0 Å². The Kier molecular flexibility index (Phi) is 6.04. The van der Waals surface area contributed by atoms with Gasteiger partial charge in [-0.1, -0.05) is 49.8 Å². The Morgan fingerprint density at radius 2 is 1.96 bits per heavy atom. The Morgan fingerprint density at radius 3 is 2.48 bits per heavy atom. The van der Waals surface area contributed by atoms with Gasteiger partial charge in [0.15, 0.2) is 0 Å². The molecule has 3 unspecified atom stereocenters. The smallest absolute Gasteiger partial charge is 0.329 e. The van der Waals surface area contributed by atoms with Gasteiger partial charge >= 0.3 is 5.97 Å². The number of nitrogens with one attached hydrogen (secondary N) is 1. The average Bonchev–Trinajstić information content (AvgIpc) is 2.86. The van der Waals surface area contributed by atoms with E-state index in [4.69, 9.17) is 4.74 Å². The van der Waals surface area contributed by atoms with Crippen molar-refractivity contribution in [2.45, 2.75) is 58.1 Å². The molecule has 4 nitrogen and oxygen atoms in total. The molecule has 1 fully saturated rings. The van der Waals surface area contributed by atoms with E-state index >= 15 is 0 Å². The summed E-state index contributed by atoms with van der Waals surface area (Å²) >= 11 is 0. The van der Waals surface area contributed by atoms with Gasteiger partial charge in [0.05, 0.1) is 5.92 Å². The molecule has 25 heavy (non-hydrogen) atoms. The van der Waals surface area contributed by atoms with E-state index in [0.717, 1.165) is 18.4 Å². The monoisotopic (exact) mass is 343 g/mol. The van der Waals surface area contributed by atoms with Crippen LogP contribution < -0.4 is 5.32 Å². The minimum atomic E-state index is -0.595. The molecule has 0 spiro atoms. The van der Waals surface area contributed by atoms with Crippen LogP contribution in [0.25, 0.3) is 0 Å². The maximum atomic E-state index is 12.7. The largest absolute Gasteiger partial charge is 0.458 e. The zero-order valence-electron chi connectivity index (χ0n) is 15.6. The third-order valence-corrected chi connectivity index (χ3v) is 4.60. The van der Waals surface area contributed by atoms with Crippen molar-refractivity contribution in [2.24, 2.45) is 11.8 Å². The summed E-state index contributed by atoms with van der Waals surface area (Å²) in [5, 5.41) is 2.88. The highest BCUT2D eigenvalue weighted by molar-refractivity contribution is 5.91. The van der Waals surface area contributed by atoms with E-state index in [0.29, 0.717) is 0 Å². The van der Waals surface area contributed by atoms with E-state index in [1.54, 1.807) is 0 Å². The van der Waals surface area contributed by atoms with Gasteiger partial charge in [0.2, 0.25) is 5.91 Å². The van der Waals surface area contributed by atoms with Crippen LogP contribution in [0.2, 0.25) is 0 Å². The van der Waals surface area contributed by atoms with Crippen LogP contribution in [0.1, 0.15) is 52.0 Å². The molecule has 0 aromatic heterocycles. The fourth-order valence-corrected chi connectivity index (χ4v) is 3.63. The van der Waals surface area contributed by atoms with Crippen LogP contribution in [-0.2, 0) is 14.3 Å². The molecular formula is C21H29NO3. The van der Waals surface area contributed by atoms with Gasteiger partial charge in [-0.2, -0.15) is 0 Å². The van der Waals surface area contributed by atoms with Gasteiger partial charge in [-0.15, -0.1) is 6.58 Å². The Bertz CT molecular complexity index is 618. The van der Waals surface area contributed by atoms with Crippen LogP contribution in [0, 0.1) is 11.8 Å². The minimum Gasteiger partial charge on any atom is -0.458 e. The number of carbonyl (C=O) groups excluding carboxylic acids is 2. The Morgan fingerprint density at radius 1 is 1.32 bits per heavy atom. The van der Waals surface area contributed by atoms with E-state index in [9.17, 15) is 9.59 Å². The number of allylic oxidation sites excluding steroid dienone is 1. The third kappa shape index (κ3) is 4.50. The molecule has 0 aliphatic carbocycles. The SMILES string of the molecule is C=CC(c1ccccc1)C1C(=O)N[C@H](C(=O)OC(C)(C)C)C1CCC. The minimum absolute atomic E-state index is 0.0944. The standard InChI is InChI=1S/C21H29NO3/c1-6-11-16-17(15(7-2)14-12-9-8-10-13-14)19(23)22-18(16)20(24)25-21(3,4)5/h7-10,12-13,15-18H,2,6,11H2,1,3-5H3,(H,22,23)/t15?,16?,17?,18-/m0/s1. The van der Waals surface area contributed by atoms with Crippen LogP contribution in [0.4, 0.5) is 0 Å². The lowest BCUT2D eigenvalue weighted by atomic mass is 9.75. The number of ether oxygens (including phenoxy) is 1. The molecule has 1 aliphatic rings. The highest BCUT2D eigenvalue weighted by atomic mass is 16.6. The molecule has 4 heteroatoms. The fraction of sp³-hybridized carbons (Fsp3) is 0.524. The summed E-state index contributed by atoms with van der Waals surface area (Å²) in [6.45, 7) is 11.5. The van der Waals surface area contributed by atoms with E-state index in [2.05, 4.69) is 18.8 Å². The highest BCUT2D eigenvalue weighted by Crippen LogP contribution is 2.40. The lowest BCUT2D eigenvalue weighted by Crippen LogP contribution is -2.41. The highest BCUT2D eigenvalue weighted by Gasteiger charge is 2.49. The number of hydrogen-bond donors (Lipinski definition) is 1. The van der Waals surface area contributed by atoms with Gasteiger partial charge in [-0.25, -0.2) is 4.79 Å². The van der Waals surface area contributed by atoms with E-state index < -0.39 is 11.6 Å². The number of carbonyl (C=O) groups is 2. The van der Waals surface area contributed by atoms with E-state index in [1.807, 2.05) is 57.2 Å². The number of hydrogen-bond acceptors (Lipinski definition) is 3. The van der Waals surface area contributed by atoms with Crippen LogP contribution in [-0.4, -0.2) is 23.5 Å². The van der Waals surface area contributed by atoms with Crippen molar-refractivity contribution in [1.29, 1.82) is 0 Å². The average molecular weight is 343 g/mol. The summed E-state index contributed by atoms with van der Waals surface area (Å²) < 4.78 is 5.53. The van der Waals surface area contributed by atoms with Crippen molar-refractivity contribution in [3.63, 3.8) is 0 Å². The lowest BCUT2D eigenvalue weighted by molar-refractivity contribution is -0.158. The Balaban J connectivity index is 2.32.